The third-order valence-electron chi connectivity index (χ3n) is 4.22. The van der Waals surface area contributed by atoms with E-state index in [0.717, 1.165) is 21.1 Å². The molecule has 5 nitrogen and oxygen atoms in total. The quantitative estimate of drug-likeness (QED) is 0.489. The molecule has 0 fully saturated rings. The van der Waals surface area contributed by atoms with Crippen molar-refractivity contribution in [3.63, 3.8) is 0 Å². The molecule has 2 aromatic carbocycles. The van der Waals surface area contributed by atoms with Gasteiger partial charge >= 0.3 is 5.97 Å². The number of carboxylic acid groups (broad SMARTS) is 1. The zero-order valence-corrected chi connectivity index (χ0v) is 15.6. The van der Waals surface area contributed by atoms with E-state index in [4.69, 9.17) is 0 Å². The van der Waals surface area contributed by atoms with Crippen molar-refractivity contribution in [1.82, 2.24) is 10.3 Å². The zero-order chi connectivity index (χ0) is 18.5. The molecule has 0 radical (unpaired) electrons. The summed E-state index contributed by atoms with van der Waals surface area (Å²) >= 11 is 3.32. The van der Waals surface area contributed by atoms with Crippen molar-refractivity contribution in [3.8, 4) is 0 Å². The van der Waals surface area contributed by atoms with E-state index in [9.17, 15) is 14.7 Å². The lowest BCUT2D eigenvalue weighted by Gasteiger charge is -2.13. The van der Waals surface area contributed by atoms with Gasteiger partial charge in [-0.15, -0.1) is 0 Å². The smallest absolute Gasteiger partial charge is 0.321 e. The van der Waals surface area contributed by atoms with Gasteiger partial charge in [0.2, 0.25) is 0 Å². The van der Waals surface area contributed by atoms with Crippen LogP contribution in [0.3, 0.4) is 0 Å². The van der Waals surface area contributed by atoms with Crippen LogP contribution in [0.4, 0.5) is 0 Å². The predicted octanol–water partition coefficient (Wildman–Crippen LogP) is 3.79. The molecule has 26 heavy (non-hydrogen) atoms. The number of carbonyl (C=O) groups excluding carboxylic acids is 1. The van der Waals surface area contributed by atoms with Crippen molar-refractivity contribution >= 4 is 38.6 Å². The molecule has 0 bridgehead atoms. The highest BCUT2D eigenvalue weighted by Gasteiger charge is 2.21. The fourth-order valence-electron chi connectivity index (χ4n) is 2.84. The van der Waals surface area contributed by atoms with Crippen molar-refractivity contribution < 1.29 is 14.7 Å². The van der Waals surface area contributed by atoms with Crippen LogP contribution in [-0.4, -0.2) is 34.4 Å². The van der Waals surface area contributed by atoms with Gasteiger partial charge in [0.05, 0.1) is 0 Å². The summed E-state index contributed by atoms with van der Waals surface area (Å²) in [5.41, 5.74) is 2.60. The number of nitrogens with one attached hydrogen (secondary N) is 2. The number of H-pyrrole nitrogens is 1. The number of aromatic nitrogens is 1. The molecule has 0 spiro atoms. The number of aliphatic carboxylic acids is 1. The van der Waals surface area contributed by atoms with Gasteiger partial charge in [-0.3, -0.25) is 9.59 Å². The third-order valence-corrected chi connectivity index (χ3v) is 4.75. The summed E-state index contributed by atoms with van der Waals surface area (Å²) in [5.74, 6) is -1.21. The van der Waals surface area contributed by atoms with E-state index in [2.05, 4.69) is 32.3 Å². The number of aromatic amines is 1. The van der Waals surface area contributed by atoms with Gasteiger partial charge in [-0.05, 0) is 36.1 Å². The second kappa shape index (κ2) is 8.29. The lowest BCUT2D eigenvalue weighted by molar-refractivity contribution is -0.139. The number of fused-ring (bicyclic) bond motifs is 1. The molecule has 0 aliphatic rings. The lowest BCUT2D eigenvalue weighted by atomic mass is 10.0. The molecule has 0 saturated heterocycles. The Morgan fingerprint density at radius 1 is 1.12 bits per heavy atom. The SMILES string of the molecule is O=C(C[C@@H](NCCc1cc2ccccc2[nH]1)C(=O)O)c1ccc(Br)cc1. The van der Waals surface area contributed by atoms with Gasteiger partial charge in [-0.25, -0.2) is 0 Å². The van der Waals surface area contributed by atoms with E-state index in [1.807, 2.05) is 24.3 Å². The number of para-hydroxylation sites is 1. The molecular formula is C20H19BrN2O3. The topological polar surface area (TPSA) is 82.2 Å². The average molecular weight is 415 g/mol. The number of Topliss-reactive ketones (excluding diaryl/α,β-unsaturated/α-hetero) is 1. The van der Waals surface area contributed by atoms with E-state index in [1.54, 1.807) is 24.3 Å². The molecule has 1 aromatic heterocycles. The van der Waals surface area contributed by atoms with Crippen LogP contribution < -0.4 is 5.32 Å². The van der Waals surface area contributed by atoms with Gasteiger partial charge in [0.15, 0.2) is 5.78 Å². The first-order chi connectivity index (χ1) is 12.5. The molecule has 0 aliphatic carbocycles. The number of rotatable bonds is 8. The lowest BCUT2D eigenvalue weighted by Crippen LogP contribution is -2.39. The van der Waals surface area contributed by atoms with Crippen LogP contribution in [0.1, 0.15) is 22.5 Å². The number of halogens is 1. The highest BCUT2D eigenvalue weighted by atomic mass is 79.9. The number of carbonyl (C=O) groups is 2. The monoisotopic (exact) mass is 414 g/mol. The summed E-state index contributed by atoms with van der Waals surface area (Å²) in [4.78, 5) is 27.1. The minimum atomic E-state index is -1.02. The number of benzene rings is 2. The van der Waals surface area contributed by atoms with E-state index in [-0.39, 0.29) is 12.2 Å². The maximum Gasteiger partial charge on any atom is 0.321 e. The predicted molar refractivity (Wildman–Crippen MR) is 105 cm³/mol. The number of carboxylic acids is 1. The van der Waals surface area contributed by atoms with E-state index in [1.165, 1.54) is 0 Å². The second-order valence-corrected chi connectivity index (χ2v) is 7.03. The maximum absolute atomic E-state index is 12.3. The van der Waals surface area contributed by atoms with E-state index >= 15 is 0 Å². The van der Waals surface area contributed by atoms with Gasteiger partial charge in [0.25, 0.3) is 0 Å². The molecule has 134 valence electrons. The van der Waals surface area contributed by atoms with Crippen LogP contribution in [0.25, 0.3) is 10.9 Å². The van der Waals surface area contributed by atoms with Crippen LogP contribution in [0.5, 0.6) is 0 Å². The molecule has 0 amide bonds. The van der Waals surface area contributed by atoms with Crippen molar-refractivity contribution in [1.29, 1.82) is 0 Å². The standard InChI is InChI=1S/C20H19BrN2O3/c21-15-7-5-13(6-8-15)19(24)12-18(20(25)26)22-10-9-16-11-14-3-1-2-4-17(14)23-16/h1-8,11,18,22-23H,9-10,12H2,(H,25,26)/t18-/m1/s1. The molecule has 3 N–H and O–H groups in total. The van der Waals surface area contributed by atoms with Gasteiger partial charge in [0, 0.05) is 34.2 Å². The van der Waals surface area contributed by atoms with Crippen molar-refractivity contribution in [2.24, 2.45) is 0 Å². The van der Waals surface area contributed by atoms with Gasteiger partial charge < -0.3 is 15.4 Å². The van der Waals surface area contributed by atoms with Crippen LogP contribution in [0.2, 0.25) is 0 Å². The Labute approximate surface area is 159 Å². The summed E-state index contributed by atoms with van der Waals surface area (Å²) in [5, 5.41) is 13.5. The molecule has 1 atom stereocenters. The average Bonchev–Trinajstić information content (AvgIpc) is 3.04. The minimum absolute atomic E-state index is 0.0797. The molecule has 1 heterocycles. The summed E-state index contributed by atoms with van der Waals surface area (Å²) in [7, 11) is 0. The zero-order valence-electron chi connectivity index (χ0n) is 14.0. The highest BCUT2D eigenvalue weighted by Crippen LogP contribution is 2.15. The highest BCUT2D eigenvalue weighted by molar-refractivity contribution is 9.10. The first-order valence-electron chi connectivity index (χ1n) is 8.34. The fourth-order valence-corrected chi connectivity index (χ4v) is 3.10. The Bertz CT molecular complexity index is 885. The summed E-state index contributed by atoms with van der Waals surface area (Å²) < 4.78 is 0.875. The van der Waals surface area contributed by atoms with Crippen molar-refractivity contribution in [3.05, 3.63) is 70.3 Å². The molecule has 0 unspecified atom stereocenters. The largest absolute Gasteiger partial charge is 0.480 e. The summed E-state index contributed by atoms with van der Waals surface area (Å²) in [6, 6.07) is 16.0. The molecular weight excluding hydrogens is 396 g/mol. The fraction of sp³-hybridized carbons (Fsp3) is 0.200. The van der Waals surface area contributed by atoms with E-state index in [0.29, 0.717) is 18.5 Å². The molecule has 0 aliphatic heterocycles. The van der Waals surface area contributed by atoms with Crippen LogP contribution in [0.15, 0.2) is 59.1 Å². The summed E-state index contributed by atoms with van der Waals surface area (Å²) in [6.45, 7) is 0.470. The van der Waals surface area contributed by atoms with E-state index < -0.39 is 12.0 Å². The first-order valence-corrected chi connectivity index (χ1v) is 9.14. The Kier molecular flexibility index (Phi) is 5.85. The van der Waals surface area contributed by atoms with Crippen LogP contribution in [0, 0.1) is 0 Å². The first kappa shape index (κ1) is 18.4. The van der Waals surface area contributed by atoms with Crippen molar-refractivity contribution in [2.45, 2.75) is 18.9 Å². The number of hydrogen-bond acceptors (Lipinski definition) is 3. The number of ketones is 1. The summed E-state index contributed by atoms with van der Waals surface area (Å²) in [6.07, 6.45) is 0.578. The Balaban J connectivity index is 1.57. The third kappa shape index (κ3) is 4.59. The molecule has 0 saturated carbocycles. The maximum atomic E-state index is 12.3. The number of hydrogen-bond donors (Lipinski definition) is 3. The molecule has 3 aromatic rings. The Morgan fingerprint density at radius 3 is 2.54 bits per heavy atom. The Hall–Kier alpha value is -2.44. The second-order valence-electron chi connectivity index (χ2n) is 6.11. The van der Waals surface area contributed by atoms with Crippen LogP contribution in [-0.2, 0) is 11.2 Å². The molecule has 6 heteroatoms. The molecule has 3 rings (SSSR count). The van der Waals surface area contributed by atoms with Gasteiger partial charge in [0.1, 0.15) is 6.04 Å². The van der Waals surface area contributed by atoms with Crippen molar-refractivity contribution in [2.75, 3.05) is 6.54 Å². The van der Waals surface area contributed by atoms with Gasteiger partial charge in [-0.2, -0.15) is 0 Å². The van der Waals surface area contributed by atoms with Crippen LogP contribution >= 0.6 is 15.9 Å². The Morgan fingerprint density at radius 2 is 1.85 bits per heavy atom. The minimum Gasteiger partial charge on any atom is -0.480 e. The normalized spacial score (nSPS) is 12.2. The van der Waals surface area contributed by atoms with Gasteiger partial charge in [-0.1, -0.05) is 46.3 Å².